The minimum absolute atomic E-state index is 0.369. The average Bonchev–Trinajstić information content (AvgIpc) is 2.94. The number of benzene rings is 5. The monoisotopic (exact) mass is 568 g/mol. The van der Waals surface area contributed by atoms with E-state index in [2.05, 4.69) is 8.93 Å². The van der Waals surface area contributed by atoms with Crippen LogP contribution in [-0.2, 0) is 0 Å². The zero-order valence-electron chi connectivity index (χ0n) is 20.0. The highest BCUT2D eigenvalue weighted by Crippen LogP contribution is 2.63. The second-order valence-electron chi connectivity index (χ2n) is 8.78. The smallest absolute Gasteiger partial charge is 0.235 e. The summed E-state index contributed by atoms with van der Waals surface area (Å²) in [5, 5.41) is 4.15. The quantitative estimate of drug-likeness (QED) is 0.211. The van der Waals surface area contributed by atoms with Crippen molar-refractivity contribution in [1.29, 1.82) is 0 Å². The third kappa shape index (κ3) is 4.93. The third-order valence-corrected chi connectivity index (χ3v) is 15.6. The normalized spacial score (nSPS) is 11.9. The Labute approximate surface area is 222 Å². The van der Waals surface area contributed by atoms with Crippen LogP contribution in [0.1, 0.15) is 0 Å². The highest BCUT2D eigenvalue weighted by Gasteiger charge is 2.47. The molecule has 1 N–H and O–H groups in total. The van der Waals surface area contributed by atoms with Gasteiger partial charge in [0.1, 0.15) is 62.0 Å². The third-order valence-electron chi connectivity index (χ3n) is 6.48. The average molecular weight is 568 g/mol. The lowest BCUT2D eigenvalue weighted by Gasteiger charge is -2.25. The van der Waals surface area contributed by atoms with Crippen molar-refractivity contribution in [2.75, 3.05) is 0 Å². The maximum atomic E-state index is 13.9. The molecule has 1 atom stereocenters. The Morgan fingerprint density at radius 3 is 1.11 bits per heavy atom. The van der Waals surface area contributed by atoms with Crippen LogP contribution in [0.4, 0.5) is 17.6 Å². The summed E-state index contributed by atoms with van der Waals surface area (Å²) in [7, 11) is -0.384. The highest BCUT2D eigenvalue weighted by molar-refractivity contribution is 8.36. The van der Waals surface area contributed by atoms with Gasteiger partial charge in [-0.15, -0.1) is 0 Å². The Morgan fingerprint density at radius 1 is 0.421 bits per heavy atom. The van der Waals surface area contributed by atoms with Crippen LogP contribution in [0.15, 0.2) is 121 Å². The standard InChI is InChI=1S/C30H23F4OP3/c31-21-4-12-25(13-5-21)37(35,26-14-6-22(32)7-15-26)29-2-1-3-30(20-29)38(36,27-16-8-23(33)9-17-27)28-18-10-24(34)11-19-28/h1-20,35H,36H2/q+2. The van der Waals surface area contributed by atoms with Crippen LogP contribution in [0.25, 0.3) is 0 Å². The molecule has 1 nitrogen and oxygen atoms in total. The largest absolute Gasteiger partial charge is 0.238 e. The first-order chi connectivity index (χ1) is 18.2. The maximum Gasteiger partial charge on any atom is 0.238 e. The van der Waals surface area contributed by atoms with Crippen molar-refractivity contribution in [1.82, 2.24) is 0 Å². The Morgan fingerprint density at radius 2 is 0.737 bits per heavy atom. The van der Waals surface area contributed by atoms with E-state index in [0.29, 0.717) is 15.9 Å². The van der Waals surface area contributed by atoms with Gasteiger partial charge in [-0.1, -0.05) is 6.07 Å². The summed E-state index contributed by atoms with van der Waals surface area (Å²) in [6.45, 7) is -2.49. The van der Waals surface area contributed by atoms with Crippen molar-refractivity contribution in [3.8, 4) is 0 Å². The van der Waals surface area contributed by atoms with Gasteiger partial charge in [-0.25, -0.2) is 22.5 Å². The van der Waals surface area contributed by atoms with E-state index in [1.165, 1.54) is 48.5 Å². The zero-order valence-corrected chi connectivity index (χ0v) is 22.9. The Kier molecular flexibility index (Phi) is 7.49. The van der Waals surface area contributed by atoms with Crippen LogP contribution < -0.4 is 31.8 Å². The molecule has 0 radical (unpaired) electrons. The van der Waals surface area contributed by atoms with Crippen LogP contribution in [0.2, 0.25) is 0 Å². The molecule has 0 bridgehead atoms. The summed E-state index contributed by atoms with van der Waals surface area (Å²) in [6.07, 6.45) is 0. The second-order valence-corrected chi connectivity index (χ2v) is 16.9. The number of rotatable bonds is 6. The number of hydrogen-bond acceptors (Lipinski definition) is 1. The SMILES string of the molecule is O[P+](c1ccc(F)cc1)(c1ccc(F)cc1)c1cccc([P+](P)(c2ccc(F)cc2)c2ccc(F)cc2)c1. The van der Waals surface area contributed by atoms with Crippen molar-refractivity contribution in [3.05, 3.63) is 145 Å². The molecule has 38 heavy (non-hydrogen) atoms. The van der Waals surface area contributed by atoms with E-state index in [4.69, 9.17) is 0 Å². The van der Waals surface area contributed by atoms with E-state index < -0.39 is 26.1 Å². The fraction of sp³-hybridized carbons (Fsp3) is 0. The van der Waals surface area contributed by atoms with Gasteiger partial charge in [0.05, 0.1) is 0 Å². The van der Waals surface area contributed by atoms with E-state index in [0.717, 1.165) is 15.9 Å². The van der Waals surface area contributed by atoms with Crippen LogP contribution >= 0.6 is 23.4 Å². The molecule has 0 aromatic heterocycles. The van der Waals surface area contributed by atoms with Gasteiger partial charge in [0.2, 0.25) is 7.49 Å². The zero-order chi connectivity index (χ0) is 26.9. The molecule has 5 aromatic rings. The molecule has 0 amide bonds. The van der Waals surface area contributed by atoms with E-state index >= 15 is 0 Å². The lowest BCUT2D eigenvalue weighted by molar-refractivity contribution is 0.625. The summed E-state index contributed by atoms with van der Waals surface area (Å²) >= 11 is 0. The molecular weight excluding hydrogens is 545 g/mol. The summed E-state index contributed by atoms with van der Waals surface area (Å²) < 4.78 is 55.3. The first kappa shape index (κ1) is 26.7. The summed E-state index contributed by atoms with van der Waals surface area (Å²) in [4.78, 5) is 12.4. The minimum atomic E-state index is -3.31. The molecule has 8 heteroatoms. The summed E-state index contributed by atoms with van der Waals surface area (Å²) in [6, 6.07) is 31.2. The molecule has 0 aliphatic heterocycles. The molecule has 0 saturated carbocycles. The lowest BCUT2D eigenvalue weighted by atomic mass is 10.3. The van der Waals surface area contributed by atoms with Gasteiger partial charge in [0.15, 0.2) is 0 Å². The van der Waals surface area contributed by atoms with E-state index in [1.54, 1.807) is 54.6 Å². The minimum Gasteiger partial charge on any atom is -0.235 e. The fourth-order valence-electron chi connectivity index (χ4n) is 4.47. The summed E-state index contributed by atoms with van der Waals surface area (Å²) in [5.41, 5.74) is 0. The van der Waals surface area contributed by atoms with E-state index in [-0.39, 0.29) is 11.6 Å². The molecular formula is C30H23F4OP3+2. The Bertz CT molecular complexity index is 1350. The fourth-order valence-corrected chi connectivity index (χ4v) is 11.6. The van der Waals surface area contributed by atoms with E-state index in [9.17, 15) is 22.5 Å². The van der Waals surface area contributed by atoms with Crippen molar-refractivity contribution in [2.24, 2.45) is 0 Å². The van der Waals surface area contributed by atoms with Crippen LogP contribution in [0, 0.1) is 23.3 Å². The predicted molar refractivity (Wildman–Crippen MR) is 156 cm³/mol. The number of hydrogen-bond donors (Lipinski definition) is 1. The Hall–Kier alpha value is -2.93. The van der Waals surface area contributed by atoms with Gasteiger partial charge >= 0.3 is 0 Å². The lowest BCUT2D eigenvalue weighted by Crippen LogP contribution is -2.34. The number of halogens is 4. The topological polar surface area (TPSA) is 20.2 Å². The molecule has 0 saturated heterocycles. The van der Waals surface area contributed by atoms with Crippen LogP contribution in [0.3, 0.4) is 0 Å². The first-order valence-corrected chi connectivity index (χ1v) is 16.8. The first-order valence-electron chi connectivity index (χ1n) is 11.7. The molecule has 190 valence electrons. The maximum absolute atomic E-state index is 13.9. The van der Waals surface area contributed by atoms with Gasteiger partial charge in [-0.3, -0.25) is 0 Å². The predicted octanol–water partition coefficient (Wildman–Crippen LogP) is 5.53. The van der Waals surface area contributed by atoms with Gasteiger partial charge in [0, 0.05) is 15.0 Å². The molecule has 5 rings (SSSR count). The molecule has 5 aromatic carbocycles. The molecule has 0 fully saturated rings. The summed E-state index contributed by atoms with van der Waals surface area (Å²) in [5.74, 6) is -1.61. The van der Waals surface area contributed by atoms with Gasteiger partial charge < -0.3 is 0 Å². The van der Waals surface area contributed by atoms with Crippen LogP contribution in [-0.4, -0.2) is 4.89 Å². The Balaban J connectivity index is 1.75. The molecule has 0 heterocycles. The second kappa shape index (κ2) is 10.7. The van der Waals surface area contributed by atoms with E-state index in [1.807, 2.05) is 18.2 Å². The molecule has 0 aliphatic carbocycles. The van der Waals surface area contributed by atoms with Crippen molar-refractivity contribution in [3.63, 3.8) is 0 Å². The van der Waals surface area contributed by atoms with Crippen LogP contribution in [0.5, 0.6) is 0 Å². The van der Waals surface area contributed by atoms with Crippen molar-refractivity contribution >= 4 is 55.2 Å². The highest BCUT2D eigenvalue weighted by atomic mass is 32.1. The van der Waals surface area contributed by atoms with Crippen molar-refractivity contribution < 1.29 is 22.5 Å². The van der Waals surface area contributed by atoms with Gasteiger partial charge in [-0.2, -0.15) is 0 Å². The molecule has 0 spiro atoms. The van der Waals surface area contributed by atoms with Gasteiger partial charge in [0.25, 0.3) is 0 Å². The van der Waals surface area contributed by atoms with Crippen molar-refractivity contribution in [2.45, 2.75) is 0 Å². The molecule has 0 aliphatic rings. The van der Waals surface area contributed by atoms with Gasteiger partial charge in [-0.05, 0) is 109 Å². The molecule has 1 unspecified atom stereocenters.